The van der Waals surface area contributed by atoms with E-state index in [-0.39, 0.29) is 159 Å². The number of hydroxylamine groups is 2. The maximum Gasteiger partial charge on any atom is 2.00 e. The Kier molecular flexibility index (Phi) is 51.3. The van der Waals surface area contributed by atoms with Crippen molar-refractivity contribution < 1.29 is 127 Å². The first-order valence-electron chi connectivity index (χ1n) is 39.4. The number of ether oxygens (including phenoxy) is 4. The number of esters is 1. The molecule has 139 heavy (non-hydrogen) atoms. The average molecular weight is 2010 g/mol. The quantitative estimate of drug-likeness (QED) is 0.0171. The van der Waals surface area contributed by atoms with Gasteiger partial charge in [0.05, 0.1) is 62.2 Å². The number of aromatic nitrogens is 17. The van der Waals surface area contributed by atoms with Crippen LogP contribution in [0.2, 0.25) is 0 Å². The first-order chi connectivity index (χ1) is 63.0. The number of fused-ring (bicyclic) bond motifs is 8. The third-order valence-corrected chi connectivity index (χ3v) is 19.6. The summed E-state index contributed by atoms with van der Waals surface area (Å²) in [4.78, 5) is 135. The Hall–Kier alpha value is -14.3. The van der Waals surface area contributed by atoms with E-state index in [9.17, 15) is 55.6 Å². The molecule has 0 bridgehead atoms. The van der Waals surface area contributed by atoms with Crippen molar-refractivity contribution in [2.75, 3.05) is 86.0 Å². The number of halogens is 3. The number of nitrogens with one attached hydrogen (secondary N) is 1. The molecule has 18 heterocycles. The number of carbonyl (C=O) groups excluding carboxylic acids is 5. The number of nitrogens with zero attached hydrogens (tertiary/aromatic N) is 19. The van der Waals surface area contributed by atoms with Crippen LogP contribution in [0.5, 0.6) is 0 Å². The number of carboxylic acid groups (broad SMARTS) is 1. The minimum absolute atomic E-state index is 0. The number of methoxy groups -OCH3 is 4. The van der Waals surface area contributed by atoms with E-state index in [4.69, 9.17) is 20.2 Å². The van der Waals surface area contributed by atoms with Crippen molar-refractivity contribution in [3.8, 4) is 22.5 Å². The Morgan fingerprint density at radius 2 is 0.899 bits per heavy atom. The van der Waals surface area contributed by atoms with E-state index in [1.807, 2.05) is 117 Å². The van der Waals surface area contributed by atoms with Gasteiger partial charge >= 0.3 is 70.7 Å². The van der Waals surface area contributed by atoms with E-state index in [0.717, 1.165) is 90.1 Å². The summed E-state index contributed by atoms with van der Waals surface area (Å²) in [6.07, 6.45) is 35.1. The van der Waals surface area contributed by atoms with Gasteiger partial charge in [-0.2, -0.15) is 8.42 Å². The number of ketones is 2. The van der Waals surface area contributed by atoms with Crippen LogP contribution in [0.25, 0.3) is 67.7 Å². The van der Waals surface area contributed by atoms with E-state index in [0.29, 0.717) is 56.5 Å². The van der Waals surface area contributed by atoms with E-state index >= 15 is 0 Å². The molecule has 17 aromatic heterocycles. The maximum atomic E-state index is 13.2. The number of aromatic carboxylic acids is 1. The molecule has 0 atom stereocenters. The van der Waals surface area contributed by atoms with Gasteiger partial charge in [-0.1, -0.05) is 47.4 Å². The summed E-state index contributed by atoms with van der Waals surface area (Å²) >= 11 is 0. The molecular weight excluding hydrogens is 1900 g/mol. The number of hydrogen-bond acceptors (Lipinski definition) is 27. The van der Waals surface area contributed by atoms with Crippen molar-refractivity contribution in [1.29, 1.82) is 0 Å². The molecule has 0 spiro atoms. The Bertz CT molecular complexity index is 7140. The van der Waals surface area contributed by atoms with Gasteiger partial charge in [0.2, 0.25) is 0 Å². The van der Waals surface area contributed by atoms with Crippen molar-refractivity contribution in [1.82, 2.24) is 90.4 Å². The number of hydrogen-bond donors (Lipinski definition) is 4. The SMILES string of the molecule is C.C.C.C.CC(=O)c1ccn2ccnc2c1.CCOC.COC(=O)CC(=O)c1ccn2ccnc2c1.COC(=O)OC.CON(C)C(=O)c1ccn2ccnc2c1.Cc1ccc(S(=O)(=O)O)cc1.Nc1ccc(F)cn1.O=C(O)c1ccn2ccnc2c1.O=c1cc(-c2ccn3ccnc3c2)nc2ccc(F)cn12.O=c1cc(-c2ccn3ccnc3c2)nc2ccc(N3CCNCC3)cn12.[Br-].[CH3-].[H-].[Mg+2].[Na+]. The smallest absolute Gasteiger partial charge is 1.00 e. The molecule has 0 saturated carbocycles. The van der Waals surface area contributed by atoms with Gasteiger partial charge in [0.25, 0.3) is 27.1 Å². The number of amides is 1. The number of imidazole rings is 6. The van der Waals surface area contributed by atoms with E-state index in [2.05, 4.69) is 74.0 Å². The molecule has 1 fully saturated rings. The van der Waals surface area contributed by atoms with Crippen LogP contribution in [0.3, 0.4) is 0 Å². The van der Waals surface area contributed by atoms with Crippen molar-refractivity contribution in [3.63, 3.8) is 0 Å². The van der Waals surface area contributed by atoms with Crippen LogP contribution in [0.4, 0.5) is 25.1 Å². The van der Waals surface area contributed by atoms with Crippen molar-refractivity contribution in [2.45, 2.75) is 61.8 Å². The summed E-state index contributed by atoms with van der Waals surface area (Å²) in [6.45, 7) is 9.97. The van der Waals surface area contributed by atoms with Crippen molar-refractivity contribution in [3.05, 3.63) is 343 Å². The Morgan fingerprint density at radius 3 is 1.29 bits per heavy atom. The van der Waals surface area contributed by atoms with Crippen LogP contribution in [0, 0.1) is 26.0 Å². The van der Waals surface area contributed by atoms with Crippen molar-refractivity contribution in [2.24, 2.45) is 0 Å². The molecule has 0 aliphatic carbocycles. The minimum atomic E-state index is -4.02. The maximum absolute atomic E-state index is 13.2. The van der Waals surface area contributed by atoms with Crippen LogP contribution in [0.15, 0.2) is 290 Å². The number of aryl methyl sites for hydroxylation is 1. The molecule has 1 amide bonds. The van der Waals surface area contributed by atoms with Gasteiger partial charge in [-0.3, -0.25) is 47.0 Å². The van der Waals surface area contributed by atoms with Gasteiger partial charge < -0.3 is 92.2 Å². The summed E-state index contributed by atoms with van der Waals surface area (Å²) < 4.78 is 85.6. The predicted molar refractivity (Wildman–Crippen MR) is 521 cm³/mol. The summed E-state index contributed by atoms with van der Waals surface area (Å²) in [7, 11) is 4.45. The number of benzene rings is 1. The molecule has 1 saturated heterocycles. The molecule has 44 heteroatoms. The summed E-state index contributed by atoms with van der Waals surface area (Å²) in [5.74, 6) is -2.35. The molecule has 38 nitrogen and oxygen atoms in total. The Labute approximate surface area is 850 Å². The number of nitrogen functional groups attached to an aromatic ring is 1. The topological polar surface area (TPSA) is 453 Å². The van der Waals surface area contributed by atoms with Crippen LogP contribution >= 0.6 is 0 Å². The van der Waals surface area contributed by atoms with Crippen LogP contribution in [-0.4, -0.2) is 237 Å². The van der Waals surface area contributed by atoms with Gasteiger partial charge in [-0.15, -0.1) is 0 Å². The predicted octanol–water partition coefficient (Wildman–Crippen LogP) is 8.02. The van der Waals surface area contributed by atoms with Gasteiger partial charge in [-0.25, -0.2) is 68.3 Å². The van der Waals surface area contributed by atoms with E-state index in [1.54, 1.807) is 157 Å². The molecular formula is C95H109BrF2MgN21NaO17S. The zero-order chi connectivity index (χ0) is 94.3. The number of nitrogens with two attached hydrogens (primary N) is 1. The number of Topliss-reactive ketones (excluding diaryl/α,β-unsaturated/α-hetero) is 2. The number of pyridine rings is 9. The minimum Gasteiger partial charge on any atom is -1.00 e. The molecule has 19 rings (SSSR count). The largest absolute Gasteiger partial charge is 2.00 e. The van der Waals surface area contributed by atoms with Gasteiger partial charge in [0, 0.05) is 211 Å². The number of piperazine rings is 1. The Balaban J connectivity index is 0.000000797. The number of carbonyl (C=O) groups is 6. The number of rotatable bonds is 12. The van der Waals surface area contributed by atoms with Gasteiger partial charge in [-0.05, 0) is 142 Å². The first kappa shape index (κ1) is 121. The fourth-order valence-electron chi connectivity index (χ4n) is 11.8. The third kappa shape index (κ3) is 35.1. The molecule has 0 radical (unpaired) electrons. The van der Waals surface area contributed by atoms with Crippen LogP contribution in [-0.2, 0) is 38.7 Å². The zero-order valence-electron chi connectivity index (χ0n) is 76.1. The molecule has 1 aliphatic heterocycles. The van der Waals surface area contributed by atoms with Crippen LogP contribution in [0.1, 0.15) is 98.4 Å². The van der Waals surface area contributed by atoms with Crippen molar-refractivity contribution >= 4 is 125 Å². The second kappa shape index (κ2) is 59.0. The summed E-state index contributed by atoms with van der Waals surface area (Å²) in [6, 6.07) is 39.3. The molecule has 0 unspecified atom stereocenters. The second-order valence-corrected chi connectivity index (χ2v) is 28.9. The molecule has 18 aromatic rings. The van der Waals surface area contributed by atoms with Gasteiger partial charge in [0.1, 0.15) is 69.1 Å². The van der Waals surface area contributed by atoms with E-state index in [1.165, 1.54) is 92.5 Å². The monoisotopic (exact) mass is 2010 g/mol. The number of carboxylic acids is 1. The zero-order valence-corrected chi connectivity index (χ0v) is 80.9. The first-order valence-corrected chi connectivity index (χ1v) is 40.8. The fourth-order valence-corrected chi connectivity index (χ4v) is 12.2. The fraction of sp³-hybridized carbons (Fsp3) is 0.200. The third-order valence-electron chi connectivity index (χ3n) is 18.7. The standard InChI is InChI=1S/C19H18N6O.C15H9FN4O.C11H10N2O3.C10H11N3O2.C9H8N2O.C8H6N2O2.C7H8O3S.C5H5FN2.C3H6O3.C3H8O.4CH4.CH3.BrH.Mg.Na.H/c26-19-12-16(14-3-7-24-10-6-21-18(24)11-14)22-17-2-1-15(13-25(17)19)23-8-4-20-5-9-23;16-11-1-2-13-18-12(8-15(21)20(13)9-11)10-3-5-19-6-4-17-14(19)7-10;1-16-11(15)7-9(14)8-2-4-13-5-3-12-10(13)6-8;1-12(15-2)10(14)8-3-5-13-6-4-11-9(13)7-8;1-7(12)8-2-4-11-5-3-10-9(11)6-8;11-8(12)6-1-3-10-4-2-9-7(10)5-6;1-6-2-4-7(5-3-6)11(8,9)10;6-4-1-2-5(7)8-3-4;1-5-3(4)6-2;1-3-4-2;;;;;;;;;/h1-3,6-7,10-13,20H,4-5,8-9H2;1-9H;2-6H,7H2,1H3;3-7H,1-2H3;2-6H,1H3;1-5H,(H,11,12);2-5H,1H3,(H,8,9,10);1-3H,(H2,7,8);1-2H3;3H2,1-2H3;4*1H4;1H3;1H;;;/q;;;;;;;;;;;;;;-1;;+2;+1;-1/p-1. The Morgan fingerprint density at radius 1 is 0.511 bits per heavy atom. The molecule has 726 valence electrons. The van der Waals surface area contributed by atoms with Gasteiger partial charge in [0.15, 0.2) is 11.6 Å². The molecule has 1 aliphatic rings. The second-order valence-electron chi connectivity index (χ2n) is 27.5. The average Bonchev–Trinajstić information content (AvgIpc) is 1.14. The summed E-state index contributed by atoms with van der Waals surface area (Å²) in [5, 5.41) is 13.2. The molecule has 5 N–H and O–H groups in total. The molecule has 1 aromatic carbocycles. The van der Waals surface area contributed by atoms with Crippen LogP contribution < -0.4 is 73.6 Å². The summed E-state index contributed by atoms with van der Waals surface area (Å²) in [5.41, 5.74) is 17.1. The number of anilines is 2. The normalized spacial score (nSPS) is 10.6. The van der Waals surface area contributed by atoms with E-state index < -0.39 is 34.0 Å².